The fourth-order valence-electron chi connectivity index (χ4n) is 1.51. The summed E-state index contributed by atoms with van der Waals surface area (Å²) in [4.78, 5) is 34.4. The van der Waals surface area contributed by atoms with E-state index in [1.807, 2.05) is 0 Å². The Hall–Kier alpha value is -2.01. The van der Waals surface area contributed by atoms with Gasteiger partial charge in [-0.25, -0.2) is 4.79 Å². The maximum absolute atomic E-state index is 11.8. The van der Waals surface area contributed by atoms with Gasteiger partial charge in [-0.15, -0.1) is 0 Å². The van der Waals surface area contributed by atoms with E-state index >= 15 is 0 Å². The molecule has 1 aromatic rings. The van der Waals surface area contributed by atoms with Crippen LogP contribution in [0.1, 0.15) is 17.3 Å². The van der Waals surface area contributed by atoms with Crippen molar-refractivity contribution in [1.82, 2.24) is 0 Å². The van der Waals surface area contributed by atoms with E-state index in [1.54, 1.807) is 12.1 Å². The summed E-state index contributed by atoms with van der Waals surface area (Å²) >= 11 is 0. The molecule has 1 aliphatic rings. The van der Waals surface area contributed by atoms with Gasteiger partial charge in [0.25, 0.3) is 5.60 Å². The number of para-hydroxylation sites is 1. The molecule has 82 valence electrons. The van der Waals surface area contributed by atoms with Crippen LogP contribution in [0.3, 0.4) is 0 Å². The minimum atomic E-state index is -2.70. The van der Waals surface area contributed by atoms with Crippen LogP contribution in [0.15, 0.2) is 24.3 Å². The Labute approximate surface area is 90.6 Å². The van der Waals surface area contributed by atoms with E-state index in [0.29, 0.717) is 0 Å². The van der Waals surface area contributed by atoms with E-state index in [1.165, 1.54) is 12.1 Å². The van der Waals surface area contributed by atoms with Gasteiger partial charge in [-0.3, -0.25) is 9.59 Å². The highest BCUT2D eigenvalue weighted by Gasteiger charge is 2.54. The highest BCUT2D eigenvalue weighted by Crippen LogP contribution is 2.30. The predicted octanol–water partition coefficient (Wildman–Crippen LogP) is 0.108. The molecule has 0 bridgehead atoms. The Morgan fingerprint density at radius 2 is 1.94 bits per heavy atom. The van der Waals surface area contributed by atoms with Crippen LogP contribution in [0.4, 0.5) is 0 Å². The highest BCUT2D eigenvalue weighted by molar-refractivity contribution is 6.32. The van der Waals surface area contributed by atoms with Crippen molar-refractivity contribution in [2.75, 3.05) is 0 Å². The molecule has 0 amide bonds. The largest absolute Gasteiger partial charge is 0.423 e. The fraction of sp³-hybridized carbons (Fsp3) is 0.182. The van der Waals surface area contributed by atoms with Crippen molar-refractivity contribution in [3.05, 3.63) is 29.8 Å². The summed E-state index contributed by atoms with van der Waals surface area (Å²) in [6.07, 6.45) is 0. The Bertz CT molecular complexity index is 505. The summed E-state index contributed by atoms with van der Waals surface area (Å²) in [5.41, 5.74) is -2.67. The molecule has 0 radical (unpaired) electrons. The summed E-state index contributed by atoms with van der Waals surface area (Å²) in [7, 11) is 0. The van der Waals surface area contributed by atoms with E-state index < -0.39 is 23.1 Å². The Morgan fingerprint density at radius 3 is 2.56 bits per heavy atom. The molecule has 1 aromatic carbocycles. The van der Waals surface area contributed by atoms with E-state index in [4.69, 9.17) is 4.74 Å². The summed E-state index contributed by atoms with van der Waals surface area (Å²) in [5, 5.41) is 9.76. The molecule has 1 N–H and O–H groups in total. The van der Waals surface area contributed by atoms with Gasteiger partial charge in [-0.1, -0.05) is 12.1 Å². The number of ketones is 2. The quantitative estimate of drug-likeness (QED) is 0.412. The zero-order chi connectivity index (χ0) is 11.9. The second kappa shape index (κ2) is 3.24. The highest BCUT2D eigenvalue weighted by atomic mass is 16.6. The zero-order valence-electron chi connectivity index (χ0n) is 8.39. The van der Waals surface area contributed by atoms with Gasteiger partial charge in [-0.2, -0.15) is 0 Å². The van der Waals surface area contributed by atoms with Crippen LogP contribution in [0, 0.1) is 0 Å². The number of Topliss-reactive ketones (excluding diaryl/α,β-unsaturated/α-hetero) is 2. The SMILES string of the molecule is CC(=O)C1(O)C(=O)Oc2ccccc2C1=O. The van der Waals surface area contributed by atoms with Crippen LogP contribution in [-0.2, 0) is 9.59 Å². The number of benzene rings is 1. The topological polar surface area (TPSA) is 80.7 Å². The third-order valence-corrected chi connectivity index (χ3v) is 2.47. The van der Waals surface area contributed by atoms with Crippen LogP contribution < -0.4 is 4.74 Å². The Morgan fingerprint density at radius 1 is 1.31 bits per heavy atom. The first-order chi connectivity index (χ1) is 7.48. The van der Waals surface area contributed by atoms with E-state index in [-0.39, 0.29) is 11.3 Å². The lowest BCUT2D eigenvalue weighted by Gasteiger charge is -2.27. The fourth-order valence-corrected chi connectivity index (χ4v) is 1.51. The summed E-state index contributed by atoms with van der Waals surface area (Å²) in [6.45, 7) is 0.965. The van der Waals surface area contributed by atoms with Gasteiger partial charge in [0.1, 0.15) is 5.75 Å². The number of carbonyl (C=O) groups excluding carboxylic acids is 3. The molecule has 16 heavy (non-hydrogen) atoms. The van der Waals surface area contributed by atoms with Gasteiger partial charge in [-0.05, 0) is 19.1 Å². The summed E-state index contributed by atoms with van der Waals surface area (Å²) < 4.78 is 4.75. The molecular weight excluding hydrogens is 212 g/mol. The second-order valence-electron chi connectivity index (χ2n) is 3.48. The first-order valence-corrected chi connectivity index (χ1v) is 4.57. The molecule has 0 fully saturated rings. The molecule has 5 heteroatoms. The molecule has 0 saturated heterocycles. The van der Waals surface area contributed by atoms with Crippen molar-refractivity contribution in [1.29, 1.82) is 0 Å². The van der Waals surface area contributed by atoms with Crippen LogP contribution in [0.2, 0.25) is 0 Å². The van der Waals surface area contributed by atoms with Gasteiger partial charge in [0.2, 0.25) is 5.78 Å². The first-order valence-electron chi connectivity index (χ1n) is 4.57. The predicted molar refractivity (Wildman–Crippen MR) is 52.0 cm³/mol. The van der Waals surface area contributed by atoms with Crippen LogP contribution in [-0.4, -0.2) is 28.2 Å². The smallest absolute Gasteiger partial charge is 0.359 e. The molecule has 1 heterocycles. The lowest BCUT2D eigenvalue weighted by molar-refractivity contribution is -0.157. The Balaban J connectivity index is 2.63. The van der Waals surface area contributed by atoms with Gasteiger partial charge in [0.05, 0.1) is 5.56 Å². The number of ether oxygens (including phenoxy) is 1. The number of hydrogen-bond donors (Lipinski definition) is 1. The lowest BCUT2D eigenvalue weighted by Crippen LogP contribution is -2.56. The molecule has 5 nitrogen and oxygen atoms in total. The van der Waals surface area contributed by atoms with E-state index in [0.717, 1.165) is 6.92 Å². The second-order valence-corrected chi connectivity index (χ2v) is 3.48. The van der Waals surface area contributed by atoms with E-state index in [2.05, 4.69) is 0 Å². The lowest BCUT2D eigenvalue weighted by atomic mass is 9.87. The normalized spacial score (nSPS) is 23.6. The molecule has 2 rings (SSSR count). The van der Waals surface area contributed by atoms with Crippen molar-refractivity contribution in [2.24, 2.45) is 0 Å². The minimum absolute atomic E-state index is 0.0276. The van der Waals surface area contributed by atoms with Gasteiger partial charge in [0.15, 0.2) is 5.78 Å². The van der Waals surface area contributed by atoms with Gasteiger partial charge < -0.3 is 9.84 Å². The number of esters is 1. The monoisotopic (exact) mass is 220 g/mol. The maximum atomic E-state index is 11.8. The van der Waals surface area contributed by atoms with Crippen molar-refractivity contribution in [2.45, 2.75) is 12.5 Å². The molecule has 1 unspecified atom stereocenters. The molecule has 0 saturated carbocycles. The summed E-state index contributed by atoms with van der Waals surface area (Å²) in [5.74, 6) is -3.07. The van der Waals surface area contributed by atoms with Crippen LogP contribution >= 0.6 is 0 Å². The number of carbonyl (C=O) groups is 3. The minimum Gasteiger partial charge on any atom is -0.423 e. The molecule has 0 spiro atoms. The van der Waals surface area contributed by atoms with Crippen molar-refractivity contribution in [3.63, 3.8) is 0 Å². The van der Waals surface area contributed by atoms with Crippen molar-refractivity contribution in [3.8, 4) is 5.75 Å². The number of fused-ring (bicyclic) bond motifs is 1. The summed E-state index contributed by atoms with van der Waals surface area (Å²) in [6, 6.07) is 5.94. The van der Waals surface area contributed by atoms with E-state index in [9.17, 15) is 19.5 Å². The molecule has 0 aliphatic carbocycles. The molecule has 1 aliphatic heterocycles. The van der Waals surface area contributed by atoms with Gasteiger partial charge in [0, 0.05) is 0 Å². The molecule has 0 aromatic heterocycles. The standard InChI is InChI=1S/C11H8O5/c1-6(12)11(15)9(13)7-4-2-3-5-8(7)16-10(11)14/h2-5,15H,1H3. The number of aliphatic hydroxyl groups is 1. The number of rotatable bonds is 1. The molecular formula is C11H8O5. The average molecular weight is 220 g/mol. The van der Waals surface area contributed by atoms with Crippen LogP contribution in [0.5, 0.6) is 5.75 Å². The van der Waals surface area contributed by atoms with Crippen molar-refractivity contribution >= 4 is 17.5 Å². The number of hydrogen-bond acceptors (Lipinski definition) is 5. The third-order valence-electron chi connectivity index (χ3n) is 2.47. The average Bonchev–Trinajstić information content (AvgIpc) is 2.26. The van der Waals surface area contributed by atoms with Crippen LogP contribution in [0.25, 0.3) is 0 Å². The first kappa shape index (κ1) is 10.5. The Kier molecular flexibility index (Phi) is 2.13. The maximum Gasteiger partial charge on any atom is 0.359 e. The van der Waals surface area contributed by atoms with Gasteiger partial charge >= 0.3 is 5.97 Å². The van der Waals surface area contributed by atoms with Crippen molar-refractivity contribution < 1.29 is 24.2 Å². The zero-order valence-corrected chi connectivity index (χ0v) is 8.39. The molecule has 1 atom stereocenters. The third kappa shape index (κ3) is 1.18.